The first-order chi connectivity index (χ1) is 15.2. The third kappa shape index (κ3) is 5.27. The van der Waals surface area contributed by atoms with Gasteiger partial charge in [0, 0.05) is 10.4 Å². The molecular formula is C23H23Br2N3O4. The van der Waals surface area contributed by atoms with E-state index >= 15 is 0 Å². The highest BCUT2D eigenvalue weighted by molar-refractivity contribution is 9.10. The largest absolute Gasteiger partial charge is 0.478 e. The summed E-state index contributed by atoms with van der Waals surface area (Å²) in [6.45, 7) is 5.67. The standard InChI is InChI=1S/C23H23Br2N3O4/c1-5-13(2)21-27-19-8-7-16(24)11-17(19)22(29)28(21)26-12-15-6-9-20(18(25)10-15)32-14(3)23(30)31-4/h6-14H,5H2,1-4H3/t13-,14+/m1/s1. The van der Waals surface area contributed by atoms with E-state index in [0.29, 0.717) is 26.9 Å². The summed E-state index contributed by atoms with van der Waals surface area (Å²) in [5.74, 6) is 0.689. The van der Waals surface area contributed by atoms with Crippen molar-refractivity contribution >= 4 is 54.9 Å². The number of halogens is 2. The van der Waals surface area contributed by atoms with Crippen LogP contribution in [0.3, 0.4) is 0 Å². The van der Waals surface area contributed by atoms with Gasteiger partial charge in [0.15, 0.2) is 6.10 Å². The molecule has 1 aromatic heterocycles. The van der Waals surface area contributed by atoms with Crippen molar-refractivity contribution in [1.29, 1.82) is 0 Å². The van der Waals surface area contributed by atoms with Crippen molar-refractivity contribution in [3.63, 3.8) is 0 Å². The Hall–Kier alpha value is -2.52. The summed E-state index contributed by atoms with van der Waals surface area (Å²) in [5, 5.41) is 4.95. The molecule has 0 bridgehead atoms. The highest BCUT2D eigenvalue weighted by atomic mass is 79.9. The Balaban J connectivity index is 1.99. The molecule has 0 amide bonds. The number of nitrogens with zero attached hydrogens (tertiary/aromatic N) is 3. The SMILES string of the molecule is CC[C@@H](C)c1nc2ccc(Br)cc2c(=O)n1N=Cc1ccc(O[C@@H](C)C(=O)OC)c(Br)c1. The van der Waals surface area contributed by atoms with Crippen LogP contribution in [0.5, 0.6) is 5.75 Å². The highest BCUT2D eigenvalue weighted by Crippen LogP contribution is 2.27. The summed E-state index contributed by atoms with van der Waals surface area (Å²) >= 11 is 6.86. The molecule has 9 heteroatoms. The smallest absolute Gasteiger partial charge is 0.346 e. The van der Waals surface area contributed by atoms with Gasteiger partial charge in [-0.25, -0.2) is 9.78 Å². The van der Waals surface area contributed by atoms with Crippen LogP contribution in [0.25, 0.3) is 10.9 Å². The maximum Gasteiger partial charge on any atom is 0.346 e. The van der Waals surface area contributed by atoms with Crippen LogP contribution in [0, 0.1) is 0 Å². The molecule has 0 saturated heterocycles. The molecule has 0 aliphatic heterocycles. The van der Waals surface area contributed by atoms with Gasteiger partial charge in [-0.15, -0.1) is 0 Å². The monoisotopic (exact) mass is 563 g/mol. The topological polar surface area (TPSA) is 82.8 Å². The summed E-state index contributed by atoms with van der Waals surface area (Å²) in [6, 6.07) is 10.7. The summed E-state index contributed by atoms with van der Waals surface area (Å²) < 4.78 is 13.1. The Bertz CT molecular complexity index is 1240. The fourth-order valence-electron chi connectivity index (χ4n) is 3.00. The molecule has 1 heterocycles. The molecule has 7 nitrogen and oxygen atoms in total. The second-order valence-electron chi connectivity index (χ2n) is 7.28. The molecular weight excluding hydrogens is 542 g/mol. The molecule has 3 rings (SSSR count). The lowest BCUT2D eigenvalue weighted by molar-refractivity contribution is -0.147. The lowest BCUT2D eigenvalue weighted by atomic mass is 10.1. The van der Waals surface area contributed by atoms with Crippen molar-refractivity contribution in [2.75, 3.05) is 7.11 Å². The van der Waals surface area contributed by atoms with E-state index < -0.39 is 12.1 Å². The molecule has 0 aliphatic rings. The molecule has 0 spiro atoms. The molecule has 0 N–H and O–H groups in total. The maximum atomic E-state index is 13.2. The second-order valence-corrected chi connectivity index (χ2v) is 9.05. The Labute approximate surface area is 202 Å². The zero-order valence-corrected chi connectivity index (χ0v) is 21.3. The quantitative estimate of drug-likeness (QED) is 0.289. The molecule has 0 fully saturated rings. The average molecular weight is 565 g/mol. The van der Waals surface area contributed by atoms with Crippen LogP contribution in [-0.2, 0) is 9.53 Å². The van der Waals surface area contributed by atoms with Crippen LogP contribution in [-0.4, -0.2) is 35.1 Å². The predicted octanol–water partition coefficient (Wildman–Crippen LogP) is 5.26. The van der Waals surface area contributed by atoms with E-state index in [1.165, 1.54) is 11.8 Å². The third-order valence-corrected chi connectivity index (χ3v) is 6.11. The van der Waals surface area contributed by atoms with E-state index in [1.54, 1.807) is 37.4 Å². The van der Waals surface area contributed by atoms with Gasteiger partial charge in [0.2, 0.25) is 0 Å². The van der Waals surface area contributed by atoms with Gasteiger partial charge in [-0.2, -0.15) is 9.78 Å². The Morgan fingerprint density at radius 3 is 2.62 bits per heavy atom. The fourth-order valence-corrected chi connectivity index (χ4v) is 3.85. The van der Waals surface area contributed by atoms with Gasteiger partial charge in [-0.05, 0) is 71.2 Å². The predicted molar refractivity (Wildman–Crippen MR) is 132 cm³/mol. The summed E-state index contributed by atoms with van der Waals surface area (Å²) in [5.41, 5.74) is 1.16. The first kappa shape index (κ1) is 24.1. The number of methoxy groups -OCH3 is 1. The van der Waals surface area contributed by atoms with E-state index in [0.717, 1.165) is 16.5 Å². The average Bonchev–Trinajstić information content (AvgIpc) is 2.79. The lowest BCUT2D eigenvalue weighted by Crippen LogP contribution is -2.25. The normalized spacial score (nSPS) is 13.3. The van der Waals surface area contributed by atoms with Gasteiger partial charge in [0.25, 0.3) is 5.56 Å². The Kier molecular flexibility index (Phi) is 7.84. The number of benzene rings is 2. The number of carbonyl (C=O) groups is 1. The third-order valence-electron chi connectivity index (χ3n) is 5.00. The van der Waals surface area contributed by atoms with Gasteiger partial charge in [0.1, 0.15) is 11.6 Å². The molecule has 168 valence electrons. The number of rotatable bonds is 7. The highest BCUT2D eigenvalue weighted by Gasteiger charge is 2.17. The first-order valence-electron chi connectivity index (χ1n) is 10.1. The number of aromatic nitrogens is 2. The molecule has 0 radical (unpaired) electrons. The van der Waals surface area contributed by atoms with Crippen LogP contribution in [0.2, 0.25) is 0 Å². The van der Waals surface area contributed by atoms with Crippen molar-refractivity contribution < 1.29 is 14.3 Å². The second kappa shape index (κ2) is 10.4. The maximum absolute atomic E-state index is 13.2. The van der Waals surface area contributed by atoms with E-state index in [-0.39, 0.29) is 11.5 Å². The molecule has 2 aromatic carbocycles. The van der Waals surface area contributed by atoms with Crippen molar-refractivity contribution in [3.05, 3.63) is 67.1 Å². The van der Waals surface area contributed by atoms with E-state index in [1.807, 2.05) is 26.0 Å². The number of hydrogen-bond acceptors (Lipinski definition) is 6. The number of esters is 1. The molecule has 32 heavy (non-hydrogen) atoms. The number of ether oxygens (including phenoxy) is 2. The summed E-state index contributed by atoms with van der Waals surface area (Å²) in [6.07, 6.45) is 1.67. The number of hydrogen-bond donors (Lipinski definition) is 0. The minimum absolute atomic E-state index is 0.0511. The first-order valence-corrected chi connectivity index (χ1v) is 11.6. The zero-order chi connectivity index (χ0) is 23.4. The molecule has 2 atom stereocenters. The van der Waals surface area contributed by atoms with Crippen LogP contribution in [0.15, 0.2) is 55.2 Å². The van der Waals surface area contributed by atoms with Crippen LogP contribution >= 0.6 is 31.9 Å². The Morgan fingerprint density at radius 1 is 1.22 bits per heavy atom. The van der Waals surface area contributed by atoms with Crippen LogP contribution in [0.4, 0.5) is 0 Å². The van der Waals surface area contributed by atoms with Crippen molar-refractivity contribution in [1.82, 2.24) is 9.66 Å². The van der Waals surface area contributed by atoms with Crippen LogP contribution < -0.4 is 10.3 Å². The summed E-state index contributed by atoms with van der Waals surface area (Å²) in [4.78, 5) is 29.5. The van der Waals surface area contributed by atoms with Gasteiger partial charge in [0.05, 0.1) is 28.7 Å². The number of carbonyl (C=O) groups excluding carboxylic acids is 1. The zero-order valence-electron chi connectivity index (χ0n) is 18.1. The number of fused-ring (bicyclic) bond motifs is 1. The molecule has 0 saturated carbocycles. The minimum atomic E-state index is -0.740. The van der Waals surface area contributed by atoms with Gasteiger partial charge in [-0.1, -0.05) is 29.8 Å². The van der Waals surface area contributed by atoms with E-state index in [2.05, 4.69) is 41.7 Å². The van der Waals surface area contributed by atoms with Crippen LogP contribution in [0.1, 0.15) is 44.5 Å². The lowest BCUT2D eigenvalue weighted by Gasteiger charge is -2.14. The molecule has 0 unspecified atom stereocenters. The van der Waals surface area contributed by atoms with Gasteiger partial charge in [-0.3, -0.25) is 4.79 Å². The fraction of sp³-hybridized carbons (Fsp3) is 0.304. The van der Waals surface area contributed by atoms with Crippen molar-refractivity contribution in [2.45, 2.75) is 39.2 Å². The summed E-state index contributed by atoms with van der Waals surface area (Å²) in [7, 11) is 1.31. The van der Waals surface area contributed by atoms with Crippen molar-refractivity contribution in [3.8, 4) is 5.75 Å². The molecule has 0 aliphatic carbocycles. The van der Waals surface area contributed by atoms with E-state index in [4.69, 9.17) is 9.72 Å². The minimum Gasteiger partial charge on any atom is -0.478 e. The Morgan fingerprint density at radius 2 is 1.97 bits per heavy atom. The van der Waals surface area contributed by atoms with Gasteiger partial charge >= 0.3 is 5.97 Å². The van der Waals surface area contributed by atoms with E-state index in [9.17, 15) is 9.59 Å². The van der Waals surface area contributed by atoms with Gasteiger partial charge < -0.3 is 9.47 Å². The molecule has 3 aromatic rings. The van der Waals surface area contributed by atoms with Crippen molar-refractivity contribution in [2.24, 2.45) is 5.10 Å².